The smallest absolute Gasteiger partial charge is 0.226 e. The van der Waals surface area contributed by atoms with Crippen molar-refractivity contribution in [2.24, 2.45) is 0 Å². The van der Waals surface area contributed by atoms with Crippen LogP contribution in [0.5, 0.6) is 0 Å². The van der Waals surface area contributed by atoms with Crippen LogP contribution in [0.3, 0.4) is 0 Å². The number of carbonyl (C=O) groups excluding carboxylic acids is 1. The van der Waals surface area contributed by atoms with Crippen molar-refractivity contribution in [1.29, 1.82) is 0 Å². The molecule has 7 heteroatoms. The lowest BCUT2D eigenvalue weighted by atomic mass is 10.2. The van der Waals surface area contributed by atoms with Crippen LogP contribution < -0.4 is 0 Å². The maximum Gasteiger partial charge on any atom is 0.226 e. The number of likely N-dealkylation sites (tertiary alicyclic amines) is 1. The molecule has 2 heterocycles. The zero-order valence-electron chi connectivity index (χ0n) is 10.5. The highest BCUT2D eigenvalue weighted by atomic mass is 32.2. The number of sulfone groups is 1. The van der Waals surface area contributed by atoms with E-state index in [9.17, 15) is 13.2 Å². The molecule has 1 aromatic heterocycles. The van der Waals surface area contributed by atoms with E-state index < -0.39 is 20.5 Å². The largest absolute Gasteiger partial charge is 0.336 e. The highest BCUT2D eigenvalue weighted by Crippen LogP contribution is 2.27. The molecule has 2 atom stereocenters. The Bertz CT molecular complexity index is 524. The number of nitrogens with zero attached hydrogens (tertiary/aromatic N) is 3. The fourth-order valence-electron chi connectivity index (χ4n) is 2.16. The van der Waals surface area contributed by atoms with Gasteiger partial charge in [0, 0.05) is 25.5 Å². The lowest BCUT2D eigenvalue weighted by Crippen LogP contribution is -2.58. The molecule has 1 amide bonds. The Morgan fingerprint density at radius 3 is 2.78 bits per heavy atom. The van der Waals surface area contributed by atoms with Gasteiger partial charge in [0.05, 0.1) is 18.0 Å². The van der Waals surface area contributed by atoms with Gasteiger partial charge in [-0.2, -0.15) is 0 Å². The zero-order valence-corrected chi connectivity index (χ0v) is 11.3. The molecular formula is C11H17N3O3S. The first-order valence-corrected chi connectivity index (χ1v) is 7.55. The number of β-lactam (4-membered cyclic amide) rings is 1. The Kier molecular flexibility index (Phi) is 3.43. The number of hydrogen-bond donors (Lipinski definition) is 0. The Morgan fingerprint density at radius 2 is 2.28 bits per heavy atom. The van der Waals surface area contributed by atoms with Crippen LogP contribution >= 0.6 is 0 Å². The van der Waals surface area contributed by atoms with Crippen molar-refractivity contribution in [3.05, 3.63) is 18.7 Å². The average Bonchev–Trinajstić information content (AvgIpc) is 2.78. The van der Waals surface area contributed by atoms with E-state index in [1.165, 1.54) is 4.90 Å². The summed E-state index contributed by atoms with van der Waals surface area (Å²) >= 11 is 0. The van der Waals surface area contributed by atoms with Crippen molar-refractivity contribution >= 4 is 15.7 Å². The number of imidazole rings is 1. The number of amides is 1. The molecule has 100 valence electrons. The van der Waals surface area contributed by atoms with Crippen molar-refractivity contribution in [3.63, 3.8) is 0 Å². The summed E-state index contributed by atoms with van der Waals surface area (Å²) in [6.07, 6.45) is 5.06. The van der Waals surface area contributed by atoms with Crippen LogP contribution in [-0.4, -0.2) is 45.9 Å². The molecule has 0 bridgehead atoms. The summed E-state index contributed by atoms with van der Waals surface area (Å²) in [6, 6.07) is 0. The van der Waals surface area contributed by atoms with Crippen LogP contribution in [-0.2, 0) is 21.2 Å². The number of hydrogen-bond acceptors (Lipinski definition) is 4. The van der Waals surface area contributed by atoms with Crippen LogP contribution in [0.2, 0.25) is 0 Å². The topological polar surface area (TPSA) is 72.3 Å². The molecule has 0 aromatic carbocycles. The maximum absolute atomic E-state index is 12.3. The predicted molar refractivity (Wildman–Crippen MR) is 66.4 cm³/mol. The van der Waals surface area contributed by atoms with Gasteiger partial charge in [0.1, 0.15) is 5.37 Å². The van der Waals surface area contributed by atoms with Crippen molar-refractivity contribution < 1.29 is 13.2 Å². The van der Waals surface area contributed by atoms with Gasteiger partial charge in [-0.3, -0.25) is 4.79 Å². The fraction of sp³-hybridized carbons (Fsp3) is 0.636. The summed E-state index contributed by atoms with van der Waals surface area (Å²) in [5.41, 5.74) is 0. The highest BCUT2D eigenvalue weighted by molar-refractivity contribution is 7.92. The van der Waals surface area contributed by atoms with E-state index in [2.05, 4.69) is 4.98 Å². The van der Waals surface area contributed by atoms with Crippen LogP contribution in [0.1, 0.15) is 20.3 Å². The Labute approximate surface area is 107 Å². The van der Waals surface area contributed by atoms with Gasteiger partial charge in [-0.25, -0.2) is 13.4 Å². The van der Waals surface area contributed by atoms with Gasteiger partial charge in [-0.05, 0) is 13.8 Å². The monoisotopic (exact) mass is 271 g/mol. The minimum Gasteiger partial charge on any atom is -0.336 e. The normalized spacial score (nSPS) is 21.8. The second-order valence-corrected chi connectivity index (χ2v) is 7.02. The molecule has 2 rings (SSSR count). The summed E-state index contributed by atoms with van der Waals surface area (Å²) in [7, 11) is -3.32. The van der Waals surface area contributed by atoms with E-state index in [0.717, 1.165) is 0 Å². The lowest BCUT2D eigenvalue weighted by molar-refractivity contribution is -0.141. The summed E-state index contributed by atoms with van der Waals surface area (Å²) in [4.78, 5) is 16.6. The third kappa shape index (κ3) is 2.14. The van der Waals surface area contributed by atoms with Crippen molar-refractivity contribution in [2.75, 3.05) is 6.54 Å². The predicted octanol–water partition coefficient (Wildman–Crippen LogP) is 0.265. The van der Waals surface area contributed by atoms with Crippen molar-refractivity contribution in [2.45, 2.75) is 37.4 Å². The molecule has 0 saturated carbocycles. The van der Waals surface area contributed by atoms with Gasteiger partial charge in [-0.15, -0.1) is 0 Å². The van der Waals surface area contributed by atoms with Crippen LogP contribution in [0.4, 0.5) is 0 Å². The summed E-state index contributed by atoms with van der Waals surface area (Å²) in [5, 5.41) is -1.17. The second-order valence-electron chi connectivity index (χ2n) is 4.50. The number of aromatic nitrogens is 2. The lowest BCUT2D eigenvalue weighted by Gasteiger charge is -2.40. The third-order valence-corrected chi connectivity index (χ3v) is 5.78. The quantitative estimate of drug-likeness (QED) is 0.720. The molecule has 0 spiro atoms. The fourth-order valence-corrected chi connectivity index (χ4v) is 4.07. The average molecular weight is 271 g/mol. The standard InChI is InChI=1S/C11H17N3O3S/c1-3-14-10(15)6-11(14)18(16,17)9(2)7-13-5-4-12-8-13/h4-5,8-9,11H,3,6-7H2,1-2H3. The molecule has 1 aromatic rings. The molecule has 1 saturated heterocycles. The molecule has 2 unspecified atom stereocenters. The van der Waals surface area contributed by atoms with Crippen LogP contribution in [0.25, 0.3) is 0 Å². The molecule has 0 radical (unpaired) electrons. The van der Waals surface area contributed by atoms with Crippen LogP contribution in [0.15, 0.2) is 18.7 Å². The van der Waals surface area contributed by atoms with E-state index in [0.29, 0.717) is 13.1 Å². The molecule has 6 nitrogen and oxygen atoms in total. The van der Waals surface area contributed by atoms with Gasteiger partial charge in [-0.1, -0.05) is 0 Å². The second kappa shape index (κ2) is 4.72. The Morgan fingerprint density at radius 1 is 1.56 bits per heavy atom. The van der Waals surface area contributed by atoms with Gasteiger partial charge in [0.15, 0.2) is 9.84 Å². The molecule has 1 aliphatic heterocycles. The minimum absolute atomic E-state index is 0.0825. The Balaban J connectivity index is 2.09. The van der Waals surface area contributed by atoms with Gasteiger partial charge < -0.3 is 9.47 Å². The van der Waals surface area contributed by atoms with Crippen molar-refractivity contribution in [3.8, 4) is 0 Å². The number of rotatable bonds is 5. The van der Waals surface area contributed by atoms with Gasteiger partial charge in [0.2, 0.25) is 5.91 Å². The first kappa shape index (κ1) is 13.1. The van der Waals surface area contributed by atoms with Gasteiger partial charge in [0.25, 0.3) is 0 Å². The molecule has 0 N–H and O–H groups in total. The Hall–Kier alpha value is -1.37. The molecule has 1 fully saturated rings. The highest BCUT2D eigenvalue weighted by Gasteiger charge is 2.46. The molecule has 0 aliphatic carbocycles. The third-order valence-electron chi connectivity index (χ3n) is 3.33. The van der Waals surface area contributed by atoms with Gasteiger partial charge >= 0.3 is 0 Å². The van der Waals surface area contributed by atoms with E-state index in [-0.39, 0.29) is 12.3 Å². The van der Waals surface area contributed by atoms with Crippen LogP contribution in [0, 0.1) is 0 Å². The van der Waals surface area contributed by atoms with E-state index in [4.69, 9.17) is 0 Å². The SMILES string of the molecule is CCN1C(=O)CC1S(=O)(=O)C(C)Cn1ccnc1. The van der Waals surface area contributed by atoms with E-state index in [1.54, 1.807) is 37.1 Å². The molecule has 18 heavy (non-hydrogen) atoms. The maximum atomic E-state index is 12.3. The van der Waals surface area contributed by atoms with E-state index in [1.807, 2.05) is 0 Å². The summed E-state index contributed by atoms with van der Waals surface area (Å²) in [6.45, 7) is 4.27. The minimum atomic E-state index is -3.32. The van der Waals surface area contributed by atoms with E-state index >= 15 is 0 Å². The first-order valence-electron chi connectivity index (χ1n) is 5.94. The molecule has 1 aliphatic rings. The summed E-state index contributed by atoms with van der Waals surface area (Å²) in [5.74, 6) is -0.0825. The zero-order chi connectivity index (χ0) is 13.3. The van der Waals surface area contributed by atoms with Crippen molar-refractivity contribution in [1.82, 2.24) is 14.5 Å². The molecular weight excluding hydrogens is 254 g/mol. The number of carbonyl (C=O) groups is 1. The summed E-state index contributed by atoms with van der Waals surface area (Å²) < 4.78 is 26.4. The first-order chi connectivity index (χ1) is 8.46.